The summed E-state index contributed by atoms with van der Waals surface area (Å²) < 4.78 is 2.09. The molecule has 0 N–H and O–H groups in total. The van der Waals surface area contributed by atoms with E-state index in [0.29, 0.717) is 0 Å². The van der Waals surface area contributed by atoms with Crippen LogP contribution in [0.4, 0.5) is 0 Å². The van der Waals surface area contributed by atoms with Crippen LogP contribution in [0, 0.1) is 0 Å². The predicted molar refractivity (Wildman–Crippen MR) is 47.0 cm³/mol. The Kier molecular flexibility index (Phi) is 1.75. The van der Waals surface area contributed by atoms with Gasteiger partial charge in [0.25, 0.3) is 0 Å². The van der Waals surface area contributed by atoms with Crippen LogP contribution in [0.5, 0.6) is 0 Å². The summed E-state index contributed by atoms with van der Waals surface area (Å²) in [6.07, 6.45) is 5.32. The number of rotatable bonds is 1. The maximum Gasteiger partial charge on any atom is 0.174 e. The summed E-state index contributed by atoms with van der Waals surface area (Å²) >= 11 is 3.26. The highest BCUT2D eigenvalue weighted by atomic mass is 32.2. The molecule has 2 aromatic rings. The van der Waals surface area contributed by atoms with E-state index in [9.17, 15) is 0 Å². The minimum Gasteiger partial charge on any atom is -0.243 e. The van der Waals surface area contributed by atoms with Crippen LogP contribution in [-0.2, 0) is 0 Å². The smallest absolute Gasteiger partial charge is 0.174 e. The van der Waals surface area contributed by atoms with Gasteiger partial charge in [-0.1, -0.05) is 11.8 Å². The Morgan fingerprint density at radius 2 is 2.45 bits per heavy atom. The zero-order chi connectivity index (χ0) is 7.68. The molecule has 0 saturated carbocycles. The molecule has 0 fully saturated rings. The van der Waals surface area contributed by atoms with Crippen molar-refractivity contribution in [1.29, 1.82) is 0 Å². The monoisotopic (exact) mass is 183 g/mol. The molecule has 0 aliphatic rings. The Balaban J connectivity index is 2.69. The van der Waals surface area contributed by atoms with Gasteiger partial charge in [0.1, 0.15) is 6.33 Å². The molecule has 0 aromatic carbocycles. The lowest BCUT2D eigenvalue weighted by molar-refractivity contribution is 1.17. The lowest BCUT2D eigenvalue weighted by atomic mass is 10.6. The highest BCUT2D eigenvalue weighted by Crippen LogP contribution is 2.25. The van der Waals surface area contributed by atoms with E-state index in [1.807, 2.05) is 6.26 Å². The summed E-state index contributed by atoms with van der Waals surface area (Å²) in [7, 11) is 0. The van der Waals surface area contributed by atoms with Crippen LogP contribution >= 0.6 is 23.1 Å². The maximum atomic E-state index is 4.26. The Morgan fingerprint density at radius 3 is 3.18 bits per heavy atom. The van der Waals surface area contributed by atoms with Crippen LogP contribution in [0.15, 0.2) is 16.9 Å². The SMILES string of the molecule is CSc1nc2ncncc2s1. The summed E-state index contributed by atoms with van der Waals surface area (Å²) in [6, 6.07) is 0. The molecule has 0 saturated heterocycles. The molecule has 0 atom stereocenters. The fourth-order valence-corrected chi connectivity index (χ4v) is 2.16. The van der Waals surface area contributed by atoms with Gasteiger partial charge in [-0.25, -0.2) is 15.0 Å². The summed E-state index contributed by atoms with van der Waals surface area (Å²) in [6.45, 7) is 0. The first-order valence-corrected chi connectivity index (χ1v) is 5.05. The van der Waals surface area contributed by atoms with Crippen molar-refractivity contribution in [3.05, 3.63) is 12.5 Å². The molecular weight excluding hydrogens is 178 g/mol. The van der Waals surface area contributed by atoms with E-state index in [1.54, 1.807) is 29.3 Å². The molecule has 3 nitrogen and oxygen atoms in total. The minimum atomic E-state index is 0.800. The Hall–Kier alpha value is -0.680. The normalized spacial score (nSPS) is 10.6. The first-order valence-electron chi connectivity index (χ1n) is 3.00. The van der Waals surface area contributed by atoms with Gasteiger partial charge in [-0.2, -0.15) is 0 Å². The highest BCUT2D eigenvalue weighted by molar-refractivity contribution is 8.00. The molecule has 0 bridgehead atoms. The second-order valence-corrected chi connectivity index (χ2v) is 3.98. The van der Waals surface area contributed by atoms with Crippen LogP contribution in [0.1, 0.15) is 0 Å². The third-order valence-electron chi connectivity index (χ3n) is 1.23. The minimum absolute atomic E-state index is 0.800. The van der Waals surface area contributed by atoms with E-state index >= 15 is 0 Å². The van der Waals surface area contributed by atoms with Crippen molar-refractivity contribution in [1.82, 2.24) is 15.0 Å². The van der Waals surface area contributed by atoms with Gasteiger partial charge in [-0.15, -0.1) is 11.3 Å². The average molecular weight is 183 g/mol. The van der Waals surface area contributed by atoms with Crippen molar-refractivity contribution in [2.24, 2.45) is 0 Å². The third kappa shape index (κ3) is 1.21. The average Bonchev–Trinajstić information content (AvgIpc) is 2.46. The van der Waals surface area contributed by atoms with E-state index in [4.69, 9.17) is 0 Å². The number of aromatic nitrogens is 3. The number of fused-ring (bicyclic) bond motifs is 1. The van der Waals surface area contributed by atoms with Gasteiger partial charge in [-0.05, 0) is 6.26 Å². The van der Waals surface area contributed by atoms with Crippen LogP contribution in [0.3, 0.4) is 0 Å². The first kappa shape index (κ1) is 7.00. The second kappa shape index (κ2) is 2.75. The molecule has 2 rings (SSSR count). The predicted octanol–water partition coefficient (Wildman–Crippen LogP) is 1.81. The van der Waals surface area contributed by atoms with Crippen molar-refractivity contribution in [2.45, 2.75) is 4.34 Å². The number of nitrogens with zero attached hydrogens (tertiary/aromatic N) is 3. The van der Waals surface area contributed by atoms with Gasteiger partial charge in [0.05, 0.1) is 4.70 Å². The van der Waals surface area contributed by atoms with Gasteiger partial charge in [0.2, 0.25) is 0 Å². The van der Waals surface area contributed by atoms with E-state index in [2.05, 4.69) is 15.0 Å². The molecule has 0 spiro atoms. The van der Waals surface area contributed by atoms with Gasteiger partial charge in [0, 0.05) is 6.20 Å². The molecule has 2 heterocycles. The Morgan fingerprint density at radius 1 is 1.55 bits per heavy atom. The van der Waals surface area contributed by atoms with Crippen LogP contribution in [0.25, 0.3) is 10.3 Å². The lowest BCUT2D eigenvalue weighted by Crippen LogP contribution is -1.76. The molecule has 0 amide bonds. The molecule has 0 aliphatic heterocycles. The molecule has 2 aromatic heterocycles. The second-order valence-electron chi connectivity index (χ2n) is 1.89. The Bertz CT molecular complexity index is 338. The van der Waals surface area contributed by atoms with E-state index in [-0.39, 0.29) is 0 Å². The van der Waals surface area contributed by atoms with Crippen LogP contribution in [0.2, 0.25) is 0 Å². The lowest BCUT2D eigenvalue weighted by Gasteiger charge is -1.79. The summed E-state index contributed by atoms with van der Waals surface area (Å²) in [5.41, 5.74) is 0.800. The molecule has 5 heteroatoms. The topological polar surface area (TPSA) is 38.7 Å². The molecule has 0 radical (unpaired) electrons. The highest BCUT2D eigenvalue weighted by Gasteiger charge is 2.01. The van der Waals surface area contributed by atoms with Crippen LogP contribution < -0.4 is 0 Å². The fourth-order valence-electron chi connectivity index (χ4n) is 0.757. The van der Waals surface area contributed by atoms with Gasteiger partial charge >= 0.3 is 0 Å². The largest absolute Gasteiger partial charge is 0.243 e. The van der Waals surface area contributed by atoms with Crippen LogP contribution in [-0.4, -0.2) is 21.2 Å². The summed E-state index contributed by atoms with van der Waals surface area (Å²) in [5, 5.41) is 0. The van der Waals surface area contributed by atoms with Crippen molar-refractivity contribution >= 4 is 33.4 Å². The zero-order valence-electron chi connectivity index (χ0n) is 5.81. The number of hydrogen-bond donors (Lipinski definition) is 0. The summed E-state index contributed by atoms with van der Waals surface area (Å²) in [4.78, 5) is 12.2. The fraction of sp³-hybridized carbons (Fsp3) is 0.167. The number of thiazole rings is 1. The molecule has 0 aliphatic carbocycles. The van der Waals surface area contributed by atoms with E-state index in [0.717, 1.165) is 14.7 Å². The number of hydrogen-bond acceptors (Lipinski definition) is 5. The molecule has 56 valence electrons. The van der Waals surface area contributed by atoms with E-state index < -0.39 is 0 Å². The standard InChI is InChI=1S/C6H5N3S2/c1-10-6-9-5-4(11-6)2-7-3-8-5/h2-3H,1H3. The number of thioether (sulfide) groups is 1. The van der Waals surface area contributed by atoms with Gasteiger partial charge in [0.15, 0.2) is 9.99 Å². The van der Waals surface area contributed by atoms with Crippen molar-refractivity contribution < 1.29 is 0 Å². The molecule has 0 unspecified atom stereocenters. The third-order valence-corrected chi connectivity index (χ3v) is 3.19. The molecular formula is C6H5N3S2. The van der Waals surface area contributed by atoms with E-state index in [1.165, 1.54) is 6.33 Å². The first-order chi connectivity index (χ1) is 5.40. The van der Waals surface area contributed by atoms with Crippen molar-refractivity contribution in [2.75, 3.05) is 6.26 Å². The van der Waals surface area contributed by atoms with Crippen molar-refractivity contribution in [3.63, 3.8) is 0 Å². The van der Waals surface area contributed by atoms with Gasteiger partial charge in [-0.3, -0.25) is 0 Å². The maximum absolute atomic E-state index is 4.26. The van der Waals surface area contributed by atoms with Gasteiger partial charge < -0.3 is 0 Å². The quantitative estimate of drug-likeness (QED) is 0.632. The zero-order valence-corrected chi connectivity index (χ0v) is 7.45. The summed E-state index contributed by atoms with van der Waals surface area (Å²) in [5.74, 6) is 0. The molecule has 11 heavy (non-hydrogen) atoms. The van der Waals surface area contributed by atoms with Crippen molar-refractivity contribution in [3.8, 4) is 0 Å². The Labute approximate surface area is 71.9 Å².